The molecule has 2 aromatic heterocycles. The van der Waals surface area contributed by atoms with Crippen LogP contribution in [0.15, 0.2) is 93.0 Å². The molecule has 1 N–H and O–H groups in total. The predicted molar refractivity (Wildman–Crippen MR) is 148 cm³/mol. The zero-order chi connectivity index (χ0) is 27.2. The minimum absolute atomic E-state index is 0.163. The quantitative estimate of drug-likeness (QED) is 0.253. The Hall–Kier alpha value is -4.59. The molecule has 0 atom stereocenters. The molecule has 0 saturated heterocycles. The lowest BCUT2D eigenvalue weighted by molar-refractivity contribution is 0.388. The normalized spacial score (nSPS) is 11.1. The summed E-state index contributed by atoms with van der Waals surface area (Å²) in [6.45, 7) is 1.55. The molecule has 0 saturated carbocycles. The number of aryl methyl sites for hydroxylation is 1. The van der Waals surface area contributed by atoms with E-state index in [1.54, 1.807) is 0 Å². The molecule has 198 valence electrons. The van der Waals surface area contributed by atoms with Crippen molar-refractivity contribution in [3.05, 3.63) is 128 Å². The second-order valence-corrected chi connectivity index (χ2v) is 9.43. The maximum atomic E-state index is 14.0. The SMILES string of the molecule is CCCCc1nc(CF)n(Cc2ccccc2)c(=O)c1Cc1ccc(-c2ccccc2-c2noc(=O)[nH]2)cc1. The molecule has 0 fully saturated rings. The van der Waals surface area contributed by atoms with Gasteiger partial charge in [0.25, 0.3) is 5.56 Å². The number of halogens is 1. The number of benzene rings is 3. The van der Waals surface area contributed by atoms with Gasteiger partial charge in [0.05, 0.1) is 12.2 Å². The Balaban J connectivity index is 1.50. The van der Waals surface area contributed by atoms with E-state index in [0.717, 1.165) is 40.7 Å². The molecule has 0 unspecified atom stereocenters. The number of hydrogen-bond acceptors (Lipinski definition) is 5. The van der Waals surface area contributed by atoms with Crippen LogP contribution in [0.1, 0.15) is 48.0 Å². The van der Waals surface area contributed by atoms with Gasteiger partial charge in [-0.25, -0.2) is 14.2 Å². The van der Waals surface area contributed by atoms with Gasteiger partial charge in [0.1, 0.15) is 12.5 Å². The average Bonchev–Trinajstić information content (AvgIpc) is 3.41. The number of nitrogens with one attached hydrogen (secondary N) is 1. The molecule has 8 heteroatoms. The molecular formula is C31H29FN4O3. The first-order valence-electron chi connectivity index (χ1n) is 13.0. The van der Waals surface area contributed by atoms with Crippen molar-refractivity contribution in [1.29, 1.82) is 0 Å². The van der Waals surface area contributed by atoms with Crippen LogP contribution in [0.25, 0.3) is 22.5 Å². The number of aromatic nitrogens is 4. The monoisotopic (exact) mass is 524 g/mol. The van der Waals surface area contributed by atoms with Gasteiger partial charge in [0, 0.05) is 17.5 Å². The molecular weight excluding hydrogens is 495 g/mol. The number of rotatable bonds is 10. The molecule has 0 radical (unpaired) electrons. The van der Waals surface area contributed by atoms with Crippen LogP contribution in [0.2, 0.25) is 0 Å². The van der Waals surface area contributed by atoms with Crippen molar-refractivity contribution < 1.29 is 8.91 Å². The van der Waals surface area contributed by atoms with Crippen molar-refractivity contribution in [1.82, 2.24) is 19.7 Å². The fraction of sp³-hybridized carbons (Fsp3) is 0.226. The molecule has 5 rings (SSSR count). The van der Waals surface area contributed by atoms with E-state index < -0.39 is 12.4 Å². The van der Waals surface area contributed by atoms with E-state index in [2.05, 4.69) is 26.6 Å². The maximum absolute atomic E-state index is 14.0. The standard InChI is InChI=1S/C31H29FN4O3/c1-2-3-13-27-26(30(37)36(28(19-32)33-27)20-22-9-5-4-6-10-22)18-21-14-16-23(17-15-21)24-11-7-8-12-25(24)29-34-31(38)39-35-29/h4-12,14-17H,2-3,13,18-20H2,1H3,(H,34,35,38). The Kier molecular flexibility index (Phi) is 7.91. The number of unbranched alkanes of at least 4 members (excludes halogenated alkanes) is 1. The Morgan fingerprint density at radius 1 is 0.897 bits per heavy atom. The first-order chi connectivity index (χ1) is 19.1. The highest BCUT2D eigenvalue weighted by atomic mass is 19.1. The van der Waals surface area contributed by atoms with Crippen molar-refractivity contribution in [3.8, 4) is 22.5 Å². The third-order valence-electron chi connectivity index (χ3n) is 6.77. The van der Waals surface area contributed by atoms with Crippen LogP contribution >= 0.6 is 0 Å². The lowest BCUT2D eigenvalue weighted by Gasteiger charge is -2.16. The summed E-state index contributed by atoms with van der Waals surface area (Å²) in [5, 5.41) is 3.83. The molecule has 7 nitrogen and oxygen atoms in total. The molecule has 0 aliphatic rings. The van der Waals surface area contributed by atoms with Gasteiger partial charge in [-0.1, -0.05) is 97.4 Å². The van der Waals surface area contributed by atoms with Gasteiger partial charge >= 0.3 is 5.76 Å². The van der Waals surface area contributed by atoms with Crippen LogP contribution in [0.3, 0.4) is 0 Å². The van der Waals surface area contributed by atoms with E-state index in [0.29, 0.717) is 29.9 Å². The van der Waals surface area contributed by atoms with Gasteiger partial charge in [0.15, 0.2) is 5.82 Å². The van der Waals surface area contributed by atoms with Crippen LogP contribution in [0.4, 0.5) is 4.39 Å². The lowest BCUT2D eigenvalue weighted by Crippen LogP contribution is -2.30. The van der Waals surface area contributed by atoms with Gasteiger partial charge in [-0.05, 0) is 35.1 Å². The summed E-state index contributed by atoms with van der Waals surface area (Å²) < 4.78 is 20.2. The zero-order valence-electron chi connectivity index (χ0n) is 21.7. The van der Waals surface area contributed by atoms with Crippen molar-refractivity contribution in [3.63, 3.8) is 0 Å². The second kappa shape index (κ2) is 11.9. The fourth-order valence-electron chi connectivity index (χ4n) is 4.74. The molecule has 0 bridgehead atoms. The van der Waals surface area contributed by atoms with Gasteiger partial charge in [0.2, 0.25) is 0 Å². The summed E-state index contributed by atoms with van der Waals surface area (Å²) in [6, 6.07) is 25.1. The number of aromatic amines is 1. The lowest BCUT2D eigenvalue weighted by atomic mass is 9.96. The van der Waals surface area contributed by atoms with Crippen LogP contribution in [0, 0.1) is 0 Å². The molecule has 0 amide bonds. The Morgan fingerprint density at radius 3 is 2.28 bits per heavy atom. The summed E-state index contributed by atoms with van der Waals surface area (Å²) in [5.74, 6) is -0.0888. The largest absolute Gasteiger partial charge is 0.439 e. The van der Waals surface area contributed by atoms with Crippen molar-refractivity contribution in [2.45, 2.75) is 45.8 Å². The highest BCUT2D eigenvalue weighted by molar-refractivity contribution is 5.80. The van der Waals surface area contributed by atoms with E-state index >= 15 is 0 Å². The highest BCUT2D eigenvalue weighted by Crippen LogP contribution is 2.30. The Labute approximate surface area is 225 Å². The molecule has 0 aliphatic carbocycles. The van der Waals surface area contributed by atoms with E-state index in [1.165, 1.54) is 4.57 Å². The topological polar surface area (TPSA) is 93.8 Å². The maximum Gasteiger partial charge on any atom is 0.439 e. The smallest absolute Gasteiger partial charge is 0.296 e. The van der Waals surface area contributed by atoms with E-state index in [4.69, 9.17) is 0 Å². The molecule has 2 heterocycles. The number of H-pyrrole nitrogens is 1. The Morgan fingerprint density at radius 2 is 1.62 bits per heavy atom. The van der Waals surface area contributed by atoms with Crippen LogP contribution in [0.5, 0.6) is 0 Å². The van der Waals surface area contributed by atoms with Gasteiger partial charge in [-0.15, -0.1) is 0 Å². The number of nitrogens with zero attached hydrogens (tertiary/aromatic N) is 3. The van der Waals surface area contributed by atoms with E-state index in [9.17, 15) is 14.0 Å². The van der Waals surface area contributed by atoms with Crippen LogP contribution < -0.4 is 11.3 Å². The van der Waals surface area contributed by atoms with Gasteiger partial charge < -0.3 is 0 Å². The number of hydrogen-bond donors (Lipinski definition) is 1. The predicted octanol–water partition coefficient (Wildman–Crippen LogP) is 5.70. The second-order valence-electron chi connectivity index (χ2n) is 9.43. The minimum atomic E-state index is -0.799. The Bertz CT molecular complexity index is 1670. The summed E-state index contributed by atoms with van der Waals surface area (Å²) >= 11 is 0. The van der Waals surface area contributed by atoms with E-state index in [-0.39, 0.29) is 17.9 Å². The van der Waals surface area contributed by atoms with Crippen LogP contribution in [-0.2, 0) is 26.1 Å². The zero-order valence-corrected chi connectivity index (χ0v) is 21.7. The van der Waals surface area contributed by atoms with Crippen molar-refractivity contribution >= 4 is 0 Å². The summed E-state index contributed by atoms with van der Waals surface area (Å²) in [7, 11) is 0. The van der Waals surface area contributed by atoms with E-state index in [1.807, 2.05) is 78.9 Å². The summed E-state index contributed by atoms with van der Waals surface area (Å²) in [5.41, 5.74) is 5.49. The molecule has 0 aliphatic heterocycles. The first kappa shape index (κ1) is 26.0. The molecule has 0 spiro atoms. The summed E-state index contributed by atoms with van der Waals surface area (Å²) in [4.78, 5) is 32.5. The highest BCUT2D eigenvalue weighted by Gasteiger charge is 2.18. The number of alkyl halides is 1. The third-order valence-corrected chi connectivity index (χ3v) is 6.77. The van der Waals surface area contributed by atoms with Gasteiger partial charge in [-0.2, -0.15) is 0 Å². The van der Waals surface area contributed by atoms with Crippen molar-refractivity contribution in [2.24, 2.45) is 0 Å². The molecule has 39 heavy (non-hydrogen) atoms. The third kappa shape index (κ3) is 5.80. The fourth-order valence-corrected chi connectivity index (χ4v) is 4.74. The van der Waals surface area contributed by atoms with Crippen LogP contribution in [-0.4, -0.2) is 19.7 Å². The summed E-state index contributed by atoms with van der Waals surface area (Å²) in [6.07, 6.45) is 2.84. The molecule has 5 aromatic rings. The minimum Gasteiger partial charge on any atom is -0.296 e. The van der Waals surface area contributed by atoms with Gasteiger partial charge in [-0.3, -0.25) is 18.9 Å². The first-order valence-corrected chi connectivity index (χ1v) is 13.0. The van der Waals surface area contributed by atoms with Crippen molar-refractivity contribution in [2.75, 3.05) is 0 Å². The molecule has 3 aromatic carbocycles. The average molecular weight is 525 g/mol.